The Hall–Kier alpha value is -8.85. The third kappa shape index (κ3) is 8.85. The Balaban J connectivity index is 0.873. The van der Waals surface area contributed by atoms with Crippen LogP contribution in [0.15, 0.2) is 160 Å². The Labute approximate surface area is 378 Å². The number of nitrogens with zero attached hydrogens (tertiary/aromatic N) is 9. The van der Waals surface area contributed by atoms with Gasteiger partial charge in [-0.2, -0.15) is 0 Å². The fraction of sp³-hybridized carbons (Fsp3) is 0.118. The number of benzene rings is 4. The number of hydrogen-bond acceptors (Lipinski definition) is 15. The van der Waals surface area contributed by atoms with Crippen LogP contribution in [0.2, 0.25) is 0 Å². The lowest BCUT2D eigenvalue weighted by atomic mass is 9.89. The van der Waals surface area contributed by atoms with Crippen molar-refractivity contribution < 1.29 is 27.5 Å². The van der Waals surface area contributed by atoms with Gasteiger partial charge >= 0.3 is 0 Å². The molecule has 66 heavy (non-hydrogen) atoms. The third-order valence-corrected chi connectivity index (χ3v) is 11.2. The predicted molar refractivity (Wildman–Crippen MR) is 243 cm³/mol. The number of rotatable bonds is 15. The van der Waals surface area contributed by atoms with Crippen LogP contribution >= 0.6 is 0 Å². The van der Waals surface area contributed by atoms with Crippen molar-refractivity contribution in [3.8, 4) is 86.0 Å². The summed E-state index contributed by atoms with van der Waals surface area (Å²) in [6.45, 7) is 7.25. The lowest BCUT2D eigenvalue weighted by Crippen LogP contribution is -2.13. The van der Waals surface area contributed by atoms with Crippen LogP contribution in [0.25, 0.3) is 68.7 Å². The molecule has 6 heterocycles. The molecule has 15 heteroatoms. The van der Waals surface area contributed by atoms with E-state index in [1.807, 2.05) is 109 Å². The van der Waals surface area contributed by atoms with Crippen molar-refractivity contribution in [2.75, 3.05) is 0 Å². The lowest BCUT2D eigenvalue weighted by Gasteiger charge is -2.23. The fourth-order valence-electron chi connectivity index (χ4n) is 7.44. The van der Waals surface area contributed by atoms with Gasteiger partial charge in [0.1, 0.15) is 37.1 Å². The zero-order chi connectivity index (χ0) is 44.8. The van der Waals surface area contributed by atoms with Gasteiger partial charge < -0.3 is 27.5 Å². The van der Waals surface area contributed by atoms with Gasteiger partial charge in [0.2, 0.25) is 35.3 Å². The first-order valence-corrected chi connectivity index (χ1v) is 21.0. The molecule has 0 saturated heterocycles. The van der Waals surface area contributed by atoms with E-state index in [2.05, 4.69) is 66.3 Å². The van der Waals surface area contributed by atoms with E-state index in [1.165, 1.54) is 0 Å². The van der Waals surface area contributed by atoms with Gasteiger partial charge in [-0.25, -0.2) is 0 Å². The van der Waals surface area contributed by atoms with Crippen LogP contribution in [0.1, 0.15) is 33.4 Å². The number of hydrogen-bond donors (Lipinski definition) is 0. The summed E-state index contributed by atoms with van der Waals surface area (Å²) in [4.78, 5) is 12.2. The monoisotopic (exact) mass is 873 g/mol. The van der Waals surface area contributed by atoms with Crippen molar-refractivity contribution in [1.82, 2.24) is 45.5 Å². The maximum Gasteiger partial charge on any atom is 0.248 e. The van der Waals surface area contributed by atoms with Crippen LogP contribution in [0.3, 0.4) is 0 Å². The fourth-order valence-corrected chi connectivity index (χ4v) is 7.44. The van der Waals surface area contributed by atoms with Crippen LogP contribution in [0.4, 0.5) is 0 Å². The molecule has 6 aromatic heterocycles. The molecule has 10 aromatic rings. The average molecular weight is 874 g/mol. The average Bonchev–Trinajstić information content (AvgIpc) is 4.19. The van der Waals surface area contributed by atoms with E-state index in [0.29, 0.717) is 72.4 Å². The highest BCUT2D eigenvalue weighted by atomic mass is 16.5. The van der Waals surface area contributed by atoms with Gasteiger partial charge in [0.15, 0.2) is 0 Å². The predicted octanol–water partition coefficient (Wildman–Crippen LogP) is 10.7. The van der Waals surface area contributed by atoms with Gasteiger partial charge in [-0.05, 0) is 163 Å². The molecule has 0 bridgehead atoms. The molecule has 0 radical (unpaired) electrons. The molecule has 0 aliphatic rings. The Morgan fingerprint density at radius 2 is 0.515 bits per heavy atom. The molecule has 4 aromatic carbocycles. The standard InChI is InChI=1S/C51H39N9O6/c1-31-43(28-61-40-10-4-34(5-11-40)46-55-58-49(64-46)37-16-22-52-23-17-37)32(2)45(30-63-42-14-8-36(9-15-42)48-57-60-51(66-48)39-20-26-54-27-21-39)33(3)44(31)29-62-41-12-6-35(7-13-41)47-56-59-50(65-47)38-18-24-53-25-19-38/h4-27H,28-30H2,1-3H3. The molecular weight excluding hydrogens is 835 g/mol. The largest absolute Gasteiger partial charge is 0.489 e. The zero-order valence-electron chi connectivity index (χ0n) is 36.0. The van der Waals surface area contributed by atoms with E-state index >= 15 is 0 Å². The minimum atomic E-state index is 0.310. The van der Waals surface area contributed by atoms with Crippen molar-refractivity contribution in [1.29, 1.82) is 0 Å². The molecule has 324 valence electrons. The zero-order valence-corrected chi connectivity index (χ0v) is 36.0. The highest BCUT2D eigenvalue weighted by Crippen LogP contribution is 2.33. The molecule has 0 unspecified atom stereocenters. The van der Waals surface area contributed by atoms with Crippen LogP contribution < -0.4 is 14.2 Å². The number of ether oxygens (including phenoxy) is 3. The molecule has 0 spiro atoms. The summed E-state index contributed by atoms with van der Waals surface area (Å²) >= 11 is 0. The van der Waals surface area contributed by atoms with Crippen molar-refractivity contribution in [2.45, 2.75) is 40.6 Å². The van der Waals surface area contributed by atoms with E-state index in [4.69, 9.17) is 27.5 Å². The SMILES string of the molecule is Cc1c(COc2ccc(-c3nnc(-c4ccncc4)o3)cc2)c(C)c(COc2ccc(-c3nnc(-c4ccncc4)o3)cc2)c(C)c1COc1ccc(-c2nnc(-c3ccncc3)o2)cc1. The first-order valence-electron chi connectivity index (χ1n) is 21.0. The van der Waals surface area contributed by atoms with Crippen LogP contribution in [-0.2, 0) is 19.8 Å². The molecular formula is C51H39N9O6. The third-order valence-electron chi connectivity index (χ3n) is 11.2. The summed E-state index contributed by atoms with van der Waals surface area (Å²) in [6.07, 6.45) is 10.1. The van der Waals surface area contributed by atoms with Gasteiger partial charge in [0.25, 0.3) is 0 Å². The molecule has 0 atom stereocenters. The van der Waals surface area contributed by atoms with Crippen molar-refractivity contribution in [3.05, 3.63) is 180 Å². The molecule has 0 amide bonds. The van der Waals surface area contributed by atoms with Crippen molar-refractivity contribution in [2.24, 2.45) is 0 Å². The summed E-state index contributed by atoms with van der Waals surface area (Å²) in [5.74, 6) is 4.55. The van der Waals surface area contributed by atoms with Crippen LogP contribution in [-0.4, -0.2) is 45.5 Å². The summed E-state index contributed by atoms with van der Waals surface area (Å²) in [5.41, 5.74) is 11.0. The molecule has 15 nitrogen and oxygen atoms in total. The summed E-state index contributed by atoms with van der Waals surface area (Å²) in [7, 11) is 0. The smallest absolute Gasteiger partial charge is 0.248 e. The van der Waals surface area contributed by atoms with Gasteiger partial charge in [-0.3, -0.25) is 15.0 Å². The van der Waals surface area contributed by atoms with Crippen molar-refractivity contribution in [3.63, 3.8) is 0 Å². The van der Waals surface area contributed by atoms with Crippen LogP contribution in [0, 0.1) is 20.8 Å². The van der Waals surface area contributed by atoms with Crippen molar-refractivity contribution >= 4 is 0 Å². The van der Waals surface area contributed by atoms with Gasteiger partial charge in [0.05, 0.1) is 0 Å². The highest BCUT2D eigenvalue weighted by molar-refractivity contribution is 5.61. The Kier molecular flexibility index (Phi) is 11.5. The lowest BCUT2D eigenvalue weighted by molar-refractivity contribution is 0.290. The van der Waals surface area contributed by atoms with E-state index in [-0.39, 0.29) is 0 Å². The summed E-state index contributed by atoms with van der Waals surface area (Å²) in [5, 5.41) is 25.4. The van der Waals surface area contributed by atoms with Crippen LogP contribution in [0.5, 0.6) is 17.2 Å². The normalized spacial score (nSPS) is 11.1. The summed E-state index contributed by atoms with van der Waals surface area (Å²) in [6, 6.07) is 33.7. The maximum atomic E-state index is 6.46. The first kappa shape index (κ1) is 41.2. The topological polar surface area (TPSA) is 183 Å². The second kappa shape index (κ2) is 18.5. The van der Waals surface area contributed by atoms with E-state index in [0.717, 1.165) is 66.8 Å². The molecule has 0 N–H and O–H groups in total. The maximum absolute atomic E-state index is 6.46. The molecule has 0 saturated carbocycles. The second-order valence-corrected chi connectivity index (χ2v) is 15.2. The molecule has 0 aliphatic carbocycles. The number of pyridine rings is 3. The molecule has 10 rings (SSSR count). The number of aromatic nitrogens is 9. The minimum Gasteiger partial charge on any atom is -0.489 e. The van der Waals surface area contributed by atoms with Gasteiger partial charge in [-0.1, -0.05) is 0 Å². The van der Waals surface area contributed by atoms with E-state index in [9.17, 15) is 0 Å². The van der Waals surface area contributed by atoms with Gasteiger partial charge in [0, 0.05) is 70.6 Å². The van der Waals surface area contributed by atoms with Gasteiger partial charge in [-0.15, -0.1) is 30.6 Å². The summed E-state index contributed by atoms with van der Waals surface area (Å²) < 4.78 is 37.2. The van der Waals surface area contributed by atoms with E-state index < -0.39 is 0 Å². The highest BCUT2D eigenvalue weighted by Gasteiger charge is 2.20. The molecule has 0 fully saturated rings. The Morgan fingerprint density at radius 1 is 0.303 bits per heavy atom. The molecule has 0 aliphatic heterocycles. The Bertz CT molecular complexity index is 2850. The first-order chi connectivity index (χ1) is 32.4. The van der Waals surface area contributed by atoms with E-state index in [1.54, 1.807) is 37.2 Å². The quantitative estimate of drug-likeness (QED) is 0.0947. The Morgan fingerprint density at radius 3 is 0.742 bits per heavy atom. The second-order valence-electron chi connectivity index (χ2n) is 15.2. The minimum absolute atomic E-state index is 0.310.